The summed E-state index contributed by atoms with van der Waals surface area (Å²) in [6.07, 6.45) is 1.15. The highest BCUT2D eigenvalue weighted by Crippen LogP contribution is 2.37. The molecule has 1 atom stereocenters. The number of hydrogen-bond donors (Lipinski definition) is 0. The Hall–Kier alpha value is -1.84. The number of carbonyl (C=O) groups is 2. The number of fused-ring (bicyclic) bond motifs is 1. The molecule has 0 heterocycles. The van der Waals surface area contributed by atoms with E-state index in [1.807, 2.05) is 19.9 Å². The van der Waals surface area contributed by atoms with Gasteiger partial charge >= 0.3 is 5.97 Å². The van der Waals surface area contributed by atoms with Crippen LogP contribution in [0.1, 0.15) is 40.4 Å². The summed E-state index contributed by atoms with van der Waals surface area (Å²) in [6.45, 7) is 5.91. The average Bonchev–Trinajstić information content (AvgIpc) is 2.39. The molecule has 0 aliphatic heterocycles. The van der Waals surface area contributed by atoms with Crippen LogP contribution >= 0.6 is 0 Å². The van der Waals surface area contributed by atoms with E-state index in [4.69, 9.17) is 9.47 Å². The largest absolute Gasteiger partial charge is 0.496 e. The van der Waals surface area contributed by atoms with E-state index in [0.717, 1.165) is 22.4 Å². The molecule has 2 rings (SSSR count). The zero-order valence-electron chi connectivity index (χ0n) is 12.4. The number of hydrogen-bond acceptors (Lipinski definition) is 4. The summed E-state index contributed by atoms with van der Waals surface area (Å²) in [5.41, 5.74) is 3.48. The zero-order valence-corrected chi connectivity index (χ0v) is 12.4. The van der Waals surface area contributed by atoms with Gasteiger partial charge in [0, 0.05) is 11.1 Å². The first-order chi connectivity index (χ1) is 9.51. The Kier molecular flexibility index (Phi) is 4.12. The van der Waals surface area contributed by atoms with Gasteiger partial charge in [0.25, 0.3) is 0 Å². The molecule has 4 heteroatoms. The zero-order chi connectivity index (χ0) is 14.9. The van der Waals surface area contributed by atoms with Crippen molar-refractivity contribution in [2.45, 2.75) is 33.6 Å². The van der Waals surface area contributed by atoms with E-state index in [1.54, 1.807) is 14.0 Å². The maximum absolute atomic E-state index is 12.6. The lowest BCUT2D eigenvalue weighted by atomic mass is 9.79. The smallest absolute Gasteiger partial charge is 0.316 e. The molecule has 4 nitrogen and oxygen atoms in total. The number of methoxy groups -OCH3 is 1. The Morgan fingerprint density at radius 3 is 2.65 bits per heavy atom. The number of esters is 1. The second-order valence-corrected chi connectivity index (χ2v) is 5.10. The molecule has 1 aromatic rings. The quantitative estimate of drug-likeness (QED) is 0.629. The third-order valence-corrected chi connectivity index (χ3v) is 3.78. The maximum Gasteiger partial charge on any atom is 0.316 e. The van der Waals surface area contributed by atoms with Crippen molar-refractivity contribution in [2.24, 2.45) is 5.92 Å². The molecule has 0 bridgehead atoms. The van der Waals surface area contributed by atoms with Gasteiger partial charge in [0.2, 0.25) is 0 Å². The predicted octanol–water partition coefficient (Wildman–Crippen LogP) is 2.62. The van der Waals surface area contributed by atoms with Crippen LogP contribution < -0.4 is 4.74 Å². The molecule has 1 aliphatic rings. The van der Waals surface area contributed by atoms with E-state index < -0.39 is 11.9 Å². The van der Waals surface area contributed by atoms with Gasteiger partial charge in [0.15, 0.2) is 5.78 Å². The third kappa shape index (κ3) is 2.30. The normalized spacial score (nSPS) is 17.6. The molecule has 0 saturated heterocycles. The SMILES string of the molecule is CCOC(=O)[C@@H]1CCc2c(OC)c(C)cc(C)c2C1=O. The van der Waals surface area contributed by atoms with E-state index in [2.05, 4.69) is 0 Å². The number of aryl methyl sites for hydroxylation is 2. The van der Waals surface area contributed by atoms with Crippen LogP contribution in [0.3, 0.4) is 0 Å². The van der Waals surface area contributed by atoms with Crippen LogP contribution in [-0.4, -0.2) is 25.5 Å². The molecule has 0 unspecified atom stereocenters. The van der Waals surface area contributed by atoms with E-state index in [1.165, 1.54) is 0 Å². The molecule has 0 spiro atoms. The minimum absolute atomic E-state index is 0.138. The fourth-order valence-corrected chi connectivity index (χ4v) is 2.98. The van der Waals surface area contributed by atoms with Crippen LogP contribution in [-0.2, 0) is 16.0 Å². The predicted molar refractivity (Wildman–Crippen MR) is 75.2 cm³/mol. The molecule has 0 radical (unpaired) electrons. The lowest BCUT2D eigenvalue weighted by Crippen LogP contribution is -2.32. The highest BCUT2D eigenvalue weighted by atomic mass is 16.5. The van der Waals surface area contributed by atoms with Crippen LogP contribution in [0.25, 0.3) is 0 Å². The first-order valence-corrected chi connectivity index (χ1v) is 6.89. The summed E-state index contributed by atoms with van der Waals surface area (Å²) >= 11 is 0. The number of carbonyl (C=O) groups excluding carboxylic acids is 2. The molecular weight excluding hydrogens is 256 g/mol. The first kappa shape index (κ1) is 14.6. The van der Waals surface area contributed by atoms with Crippen LogP contribution in [0, 0.1) is 19.8 Å². The summed E-state index contributed by atoms with van der Waals surface area (Å²) in [7, 11) is 1.61. The summed E-state index contributed by atoms with van der Waals surface area (Å²) in [4.78, 5) is 24.5. The second-order valence-electron chi connectivity index (χ2n) is 5.10. The Bertz CT molecular complexity index is 560. The minimum atomic E-state index is -0.673. The molecule has 0 N–H and O–H groups in total. The number of ketones is 1. The van der Waals surface area contributed by atoms with Crippen molar-refractivity contribution in [1.82, 2.24) is 0 Å². The molecule has 0 saturated carbocycles. The average molecular weight is 276 g/mol. The molecule has 1 aliphatic carbocycles. The fourth-order valence-electron chi connectivity index (χ4n) is 2.98. The van der Waals surface area contributed by atoms with Crippen molar-refractivity contribution in [3.05, 3.63) is 28.3 Å². The molecule has 0 aromatic heterocycles. The highest BCUT2D eigenvalue weighted by molar-refractivity contribution is 6.11. The number of benzene rings is 1. The van der Waals surface area contributed by atoms with Gasteiger partial charge in [0.05, 0.1) is 13.7 Å². The van der Waals surface area contributed by atoms with Crippen LogP contribution in [0.5, 0.6) is 5.75 Å². The summed E-state index contributed by atoms with van der Waals surface area (Å²) in [5.74, 6) is -0.461. The molecular formula is C16H20O4. The molecule has 20 heavy (non-hydrogen) atoms. The van der Waals surface area contributed by atoms with Crippen molar-refractivity contribution in [3.63, 3.8) is 0 Å². The van der Waals surface area contributed by atoms with E-state index in [9.17, 15) is 9.59 Å². The Morgan fingerprint density at radius 2 is 2.05 bits per heavy atom. The first-order valence-electron chi connectivity index (χ1n) is 6.89. The van der Waals surface area contributed by atoms with Gasteiger partial charge in [0.1, 0.15) is 11.7 Å². The van der Waals surface area contributed by atoms with Crippen molar-refractivity contribution < 1.29 is 19.1 Å². The lowest BCUT2D eigenvalue weighted by Gasteiger charge is -2.26. The summed E-state index contributed by atoms with van der Waals surface area (Å²) in [5, 5.41) is 0. The van der Waals surface area contributed by atoms with Gasteiger partial charge in [-0.15, -0.1) is 0 Å². The van der Waals surface area contributed by atoms with Gasteiger partial charge < -0.3 is 9.47 Å². The van der Waals surface area contributed by atoms with Gasteiger partial charge in [-0.1, -0.05) is 6.07 Å². The summed E-state index contributed by atoms with van der Waals surface area (Å²) < 4.78 is 10.4. The number of rotatable bonds is 3. The van der Waals surface area contributed by atoms with Gasteiger partial charge in [-0.05, 0) is 44.7 Å². The van der Waals surface area contributed by atoms with Gasteiger partial charge in [-0.3, -0.25) is 9.59 Å². The van der Waals surface area contributed by atoms with E-state index in [0.29, 0.717) is 25.0 Å². The third-order valence-electron chi connectivity index (χ3n) is 3.78. The number of Topliss-reactive ketones (excluding diaryl/α,β-unsaturated/α-hetero) is 1. The maximum atomic E-state index is 12.6. The van der Waals surface area contributed by atoms with Crippen LogP contribution in [0.4, 0.5) is 0 Å². The molecule has 1 aromatic carbocycles. The summed E-state index contributed by atoms with van der Waals surface area (Å²) in [6, 6.07) is 1.93. The molecule has 108 valence electrons. The van der Waals surface area contributed by atoms with Gasteiger partial charge in [-0.25, -0.2) is 0 Å². The van der Waals surface area contributed by atoms with Crippen molar-refractivity contribution in [1.29, 1.82) is 0 Å². The van der Waals surface area contributed by atoms with Crippen molar-refractivity contribution >= 4 is 11.8 Å². The fraction of sp³-hybridized carbons (Fsp3) is 0.500. The second kappa shape index (κ2) is 5.65. The molecule has 0 fully saturated rings. The lowest BCUT2D eigenvalue weighted by molar-refractivity contribution is -0.146. The Morgan fingerprint density at radius 1 is 1.35 bits per heavy atom. The van der Waals surface area contributed by atoms with E-state index in [-0.39, 0.29) is 5.78 Å². The Labute approximate surface area is 119 Å². The highest BCUT2D eigenvalue weighted by Gasteiger charge is 2.36. The van der Waals surface area contributed by atoms with Crippen molar-refractivity contribution in [3.8, 4) is 5.75 Å². The van der Waals surface area contributed by atoms with Crippen LogP contribution in [0.2, 0.25) is 0 Å². The monoisotopic (exact) mass is 276 g/mol. The van der Waals surface area contributed by atoms with E-state index >= 15 is 0 Å². The van der Waals surface area contributed by atoms with Crippen molar-refractivity contribution in [2.75, 3.05) is 13.7 Å². The standard InChI is InChI=1S/C16H20O4/c1-5-20-16(18)12-7-6-11-13(14(12)17)9(2)8-10(3)15(11)19-4/h8,12H,5-7H2,1-4H3/t12-/m1/s1. The van der Waals surface area contributed by atoms with Gasteiger partial charge in [-0.2, -0.15) is 0 Å². The minimum Gasteiger partial charge on any atom is -0.496 e. The number of ether oxygens (including phenoxy) is 2. The Balaban J connectivity index is 2.47. The molecule has 0 amide bonds. The topological polar surface area (TPSA) is 52.6 Å². The van der Waals surface area contributed by atoms with Crippen LogP contribution in [0.15, 0.2) is 6.07 Å².